The number of aromatic nitrogens is 3. The zero-order chi connectivity index (χ0) is 19.5. The van der Waals surface area contributed by atoms with Gasteiger partial charge in [-0.25, -0.2) is 4.39 Å². The molecule has 1 fully saturated rings. The van der Waals surface area contributed by atoms with Crippen LogP contribution >= 0.6 is 11.6 Å². The summed E-state index contributed by atoms with van der Waals surface area (Å²) < 4.78 is 13.3. The Hall–Kier alpha value is -2.93. The molecule has 2 aromatic carbocycles. The molecule has 0 spiro atoms. The lowest BCUT2D eigenvalue weighted by Crippen LogP contribution is -2.47. The van der Waals surface area contributed by atoms with Gasteiger partial charge in [-0.2, -0.15) is 10.1 Å². The number of piperazine rings is 1. The fraction of sp³-hybridized carbons (Fsp3) is 0.250. The lowest BCUT2D eigenvalue weighted by Gasteiger charge is -2.36. The first kappa shape index (κ1) is 18.4. The number of hydrogen-bond acceptors (Lipinski definition) is 6. The number of rotatable bonds is 4. The van der Waals surface area contributed by atoms with Crippen molar-refractivity contribution in [1.82, 2.24) is 15.2 Å². The molecule has 1 aliphatic rings. The van der Waals surface area contributed by atoms with Crippen molar-refractivity contribution in [3.8, 4) is 0 Å². The summed E-state index contributed by atoms with van der Waals surface area (Å²) in [5, 5.41) is 11.1. The van der Waals surface area contributed by atoms with Crippen molar-refractivity contribution in [3.05, 3.63) is 65.1 Å². The van der Waals surface area contributed by atoms with Gasteiger partial charge in [0.1, 0.15) is 5.82 Å². The molecule has 28 heavy (non-hydrogen) atoms. The van der Waals surface area contributed by atoms with Crippen LogP contribution in [0.4, 0.5) is 27.5 Å². The number of halogens is 2. The SMILES string of the molecule is Cc1cccc(N2CCN(c3cnnc(Nc4ccc(F)c(Cl)c4)n3)CC2)c1. The van der Waals surface area contributed by atoms with Crippen LogP contribution in [0.2, 0.25) is 5.02 Å². The minimum absolute atomic E-state index is 0.0429. The lowest BCUT2D eigenvalue weighted by atomic mass is 10.2. The van der Waals surface area contributed by atoms with Crippen LogP contribution in [0.5, 0.6) is 0 Å². The first-order chi connectivity index (χ1) is 13.6. The second kappa shape index (κ2) is 7.98. The van der Waals surface area contributed by atoms with E-state index < -0.39 is 5.82 Å². The van der Waals surface area contributed by atoms with Crippen LogP contribution in [0.15, 0.2) is 48.7 Å². The Labute approximate surface area is 168 Å². The summed E-state index contributed by atoms with van der Waals surface area (Å²) in [7, 11) is 0. The molecule has 3 aromatic rings. The second-order valence-electron chi connectivity index (χ2n) is 6.71. The standard InChI is InChI=1S/C20H20ClFN6/c1-14-3-2-4-16(11-14)27-7-9-28(10-8-27)19-13-23-26-20(25-19)24-15-5-6-18(22)17(21)12-15/h2-6,11-13H,7-10H2,1H3,(H,24,25,26). The minimum Gasteiger partial charge on any atom is -0.368 e. The van der Waals surface area contributed by atoms with Crippen LogP contribution in [0.25, 0.3) is 0 Å². The van der Waals surface area contributed by atoms with E-state index in [1.807, 2.05) is 0 Å². The van der Waals surface area contributed by atoms with E-state index >= 15 is 0 Å². The lowest BCUT2D eigenvalue weighted by molar-refractivity contribution is 0.628. The summed E-state index contributed by atoms with van der Waals surface area (Å²) in [6.45, 7) is 5.60. The predicted molar refractivity (Wildman–Crippen MR) is 110 cm³/mol. The second-order valence-corrected chi connectivity index (χ2v) is 7.11. The molecule has 6 nitrogen and oxygen atoms in total. The van der Waals surface area contributed by atoms with Crippen molar-refractivity contribution in [3.63, 3.8) is 0 Å². The fourth-order valence-corrected chi connectivity index (χ4v) is 3.40. The Bertz CT molecular complexity index is 974. The maximum atomic E-state index is 13.3. The third kappa shape index (κ3) is 4.14. The van der Waals surface area contributed by atoms with E-state index in [9.17, 15) is 4.39 Å². The van der Waals surface area contributed by atoms with Crippen molar-refractivity contribution in [2.45, 2.75) is 6.92 Å². The highest BCUT2D eigenvalue weighted by molar-refractivity contribution is 6.31. The van der Waals surface area contributed by atoms with Gasteiger partial charge in [-0.15, -0.1) is 5.10 Å². The number of nitrogens with zero attached hydrogens (tertiary/aromatic N) is 5. The molecular weight excluding hydrogens is 379 g/mol. The molecular formula is C20H20ClFN6. The Morgan fingerprint density at radius 1 is 1.04 bits per heavy atom. The van der Waals surface area contributed by atoms with Crippen LogP contribution in [-0.4, -0.2) is 41.4 Å². The molecule has 0 bridgehead atoms. The van der Waals surface area contributed by atoms with Crippen molar-refractivity contribution in [1.29, 1.82) is 0 Å². The first-order valence-corrected chi connectivity index (χ1v) is 9.45. The summed E-state index contributed by atoms with van der Waals surface area (Å²) in [6, 6.07) is 12.9. The molecule has 0 unspecified atom stereocenters. The van der Waals surface area contributed by atoms with Crippen LogP contribution in [0.3, 0.4) is 0 Å². The van der Waals surface area contributed by atoms with Crippen LogP contribution in [0.1, 0.15) is 5.56 Å². The Morgan fingerprint density at radius 2 is 1.82 bits per heavy atom. The maximum absolute atomic E-state index is 13.3. The average molecular weight is 399 g/mol. The van der Waals surface area contributed by atoms with Gasteiger partial charge in [0, 0.05) is 37.6 Å². The van der Waals surface area contributed by atoms with Crippen molar-refractivity contribution in [2.75, 3.05) is 41.3 Å². The van der Waals surface area contributed by atoms with Gasteiger partial charge in [0.2, 0.25) is 5.95 Å². The van der Waals surface area contributed by atoms with E-state index in [0.717, 1.165) is 32.0 Å². The zero-order valence-corrected chi connectivity index (χ0v) is 16.2. The topological polar surface area (TPSA) is 57.2 Å². The molecule has 144 valence electrons. The molecule has 0 amide bonds. The van der Waals surface area contributed by atoms with E-state index in [0.29, 0.717) is 11.6 Å². The summed E-state index contributed by atoms with van der Waals surface area (Å²) >= 11 is 5.82. The third-order valence-electron chi connectivity index (χ3n) is 4.69. The zero-order valence-electron chi connectivity index (χ0n) is 15.4. The van der Waals surface area contributed by atoms with Gasteiger partial charge in [-0.1, -0.05) is 23.7 Å². The largest absolute Gasteiger partial charge is 0.368 e. The van der Waals surface area contributed by atoms with E-state index in [-0.39, 0.29) is 5.02 Å². The van der Waals surface area contributed by atoms with Gasteiger partial charge in [-0.05, 0) is 42.8 Å². The van der Waals surface area contributed by atoms with E-state index in [2.05, 4.69) is 61.5 Å². The van der Waals surface area contributed by atoms with Gasteiger partial charge in [0.05, 0.1) is 11.2 Å². The Morgan fingerprint density at radius 3 is 2.57 bits per heavy atom. The Balaban J connectivity index is 1.43. The summed E-state index contributed by atoms with van der Waals surface area (Å²) in [6.07, 6.45) is 1.66. The first-order valence-electron chi connectivity index (χ1n) is 9.07. The molecule has 0 radical (unpaired) electrons. The highest BCUT2D eigenvalue weighted by Crippen LogP contribution is 2.23. The van der Waals surface area contributed by atoms with E-state index in [1.54, 1.807) is 12.3 Å². The summed E-state index contributed by atoms with van der Waals surface area (Å²) in [5.74, 6) is 0.641. The molecule has 2 heterocycles. The van der Waals surface area contributed by atoms with E-state index in [4.69, 9.17) is 11.6 Å². The summed E-state index contributed by atoms with van der Waals surface area (Å²) in [5.41, 5.74) is 3.11. The molecule has 1 saturated heterocycles. The van der Waals surface area contributed by atoms with Crippen LogP contribution < -0.4 is 15.1 Å². The van der Waals surface area contributed by atoms with Crippen molar-refractivity contribution in [2.24, 2.45) is 0 Å². The molecule has 0 saturated carbocycles. The van der Waals surface area contributed by atoms with Gasteiger partial charge in [0.25, 0.3) is 0 Å². The minimum atomic E-state index is -0.466. The molecule has 4 rings (SSSR count). The molecule has 0 atom stereocenters. The molecule has 1 aliphatic heterocycles. The quantitative estimate of drug-likeness (QED) is 0.715. The van der Waals surface area contributed by atoms with Crippen LogP contribution in [0, 0.1) is 12.7 Å². The predicted octanol–water partition coefficient (Wildman–Crippen LogP) is 4.04. The highest BCUT2D eigenvalue weighted by atomic mass is 35.5. The third-order valence-corrected chi connectivity index (χ3v) is 4.98. The number of benzene rings is 2. The molecule has 8 heteroatoms. The fourth-order valence-electron chi connectivity index (χ4n) is 3.22. The molecule has 1 aromatic heterocycles. The monoisotopic (exact) mass is 398 g/mol. The summed E-state index contributed by atoms with van der Waals surface area (Å²) in [4.78, 5) is 9.10. The maximum Gasteiger partial charge on any atom is 0.249 e. The molecule has 0 aliphatic carbocycles. The normalized spacial score (nSPS) is 14.2. The van der Waals surface area contributed by atoms with Gasteiger partial charge in [-0.3, -0.25) is 0 Å². The molecule has 1 N–H and O–H groups in total. The van der Waals surface area contributed by atoms with Gasteiger partial charge >= 0.3 is 0 Å². The van der Waals surface area contributed by atoms with Crippen LogP contribution in [-0.2, 0) is 0 Å². The average Bonchev–Trinajstić information content (AvgIpc) is 2.71. The number of hydrogen-bond donors (Lipinski definition) is 1. The number of aryl methyl sites for hydroxylation is 1. The van der Waals surface area contributed by atoms with Gasteiger partial charge < -0.3 is 15.1 Å². The Kier molecular flexibility index (Phi) is 5.25. The number of anilines is 4. The smallest absolute Gasteiger partial charge is 0.249 e. The van der Waals surface area contributed by atoms with E-state index in [1.165, 1.54) is 23.4 Å². The van der Waals surface area contributed by atoms with Crippen molar-refractivity contribution >= 4 is 34.7 Å². The van der Waals surface area contributed by atoms with Crippen molar-refractivity contribution < 1.29 is 4.39 Å². The number of nitrogens with one attached hydrogen (secondary N) is 1. The highest BCUT2D eigenvalue weighted by Gasteiger charge is 2.19. The van der Waals surface area contributed by atoms with Gasteiger partial charge in [0.15, 0.2) is 5.82 Å².